The monoisotopic (exact) mass is 377 g/mol. The van der Waals surface area contributed by atoms with E-state index < -0.39 is 15.6 Å². The Morgan fingerprint density at radius 3 is 2.00 bits per heavy atom. The van der Waals surface area contributed by atoms with E-state index in [4.69, 9.17) is 0 Å². The molecule has 0 unspecified atom stereocenters. The van der Waals surface area contributed by atoms with Gasteiger partial charge < -0.3 is 0 Å². The van der Waals surface area contributed by atoms with E-state index >= 15 is 0 Å². The molecule has 136 valence electrons. The number of fused-ring (bicyclic) bond motifs is 3. The van der Waals surface area contributed by atoms with Crippen LogP contribution >= 0.6 is 0 Å². The summed E-state index contributed by atoms with van der Waals surface area (Å²) in [6.07, 6.45) is 0. The average Bonchev–Trinajstić information content (AvgIpc) is 2.62. The number of aromatic nitrogens is 1. The van der Waals surface area contributed by atoms with Crippen molar-refractivity contribution in [1.82, 2.24) is 3.97 Å². The van der Waals surface area contributed by atoms with E-state index in [-0.39, 0.29) is 4.90 Å². The first-order valence-electron chi connectivity index (χ1n) is 8.68. The summed E-state index contributed by atoms with van der Waals surface area (Å²) in [4.78, 5) is 13.4. The molecule has 1 heterocycles. The molecule has 0 amide bonds. The van der Waals surface area contributed by atoms with Crippen molar-refractivity contribution in [2.24, 2.45) is 0 Å². The highest BCUT2D eigenvalue weighted by Gasteiger charge is 2.24. The Hall–Kier alpha value is -2.92. The Balaban J connectivity index is 2.25. The SMILES string of the molecule is Cc1ccc(S(=O)(=O)n2c(=O)c3cccc(C)c3c3c(C)cccc32)cc1. The van der Waals surface area contributed by atoms with Crippen LogP contribution in [0.5, 0.6) is 0 Å². The molecule has 0 aliphatic carbocycles. The van der Waals surface area contributed by atoms with Crippen LogP contribution in [0.15, 0.2) is 70.4 Å². The van der Waals surface area contributed by atoms with Crippen LogP contribution in [0.1, 0.15) is 16.7 Å². The van der Waals surface area contributed by atoms with E-state index in [1.54, 1.807) is 48.5 Å². The molecule has 0 fully saturated rings. The van der Waals surface area contributed by atoms with Crippen molar-refractivity contribution >= 4 is 31.7 Å². The number of pyridine rings is 1. The van der Waals surface area contributed by atoms with Gasteiger partial charge in [-0.25, -0.2) is 8.42 Å². The number of aryl methyl sites for hydroxylation is 3. The largest absolute Gasteiger partial charge is 0.272 e. The maximum absolute atomic E-state index is 13.4. The molecule has 1 aromatic heterocycles. The van der Waals surface area contributed by atoms with Gasteiger partial charge in [0.1, 0.15) is 0 Å². The Bertz CT molecular complexity index is 1370. The molecule has 0 saturated heterocycles. The Kier molecular flexibility index (Phi) is 3.93. The Morgan fingerprint density at radius 2 is 1.33 bits per heavy atom. The zero-order valence-corrected chi connectivity index (χ0v) is 16.2. The predicted octanol–water partition coefficient (Wildman–Crippen LogP) is 4.32. The van der Waals surface area contributed by atoms with Gasteiger partial charge in [-0.1, -0.05) is 42.0 Å². The van der Waals surface area contributed by atoms with E-state index in [0.29, 0.717) is 10.9 Å². The normalized spacial score (nSPS) is 12.0. The van der Waals surface area contributed by atoms with Crippen molar-refractivity contribution in [2.45, 2.75) is 25.7 Å². The van der Waals surface area contributed by atoms with Gasteiger partial charge in [-0.05, 0) is 61.5 Å². The summed E-state index contributed by atoms with van der Waals surface area (Å²) in [6, 6.07) is 17.4. The van der Waals surface area contributed by atoms with Gasteiger partial charge in [-0.15, -0.1) is 0 Å². The van der Waals surface area contributed by atoms with E-state index in [0.717, 1.165) is 31.4 Å². The predicted molar refractivity (Wildman–Crippen MR) is 109 cm³/mol. The summed E-state index contributed by atoms with van der Waals surface area (Å²) in [5.74, 6) is 0. The minimum atomic E-state index is -4.03. The molecule has 4 nitrogen and oxygen atoms in total. The smallest absolute Gasteiger partial charge is 0.268 e. The highest BCUT2D eigenvalue weighted by Crippen LogP contribution is 2.30. The molecule has 27 heavy (non-hydrogen) atoms. The summed E-state index contributed by atoms with van der Waals surface area (Å²) < 4.78 is 27.7. The lowest BCUT2D eigenvalue weighted by atomic mass is 9.99. The Morgan fingerprint density at radius 1 is 0.741 bits per heavy atom. The quantitative estimate of drug-likeness (QED) is 0.489. The molecule has 0 aliphatic heterocycles. The zero-order valence-electron chi connectivity index (χ0n) is 15.4. The molecule has 4 rings (SSSR count). The maximum atomic E-state index is 13.4. The van der Waals surface area contributed by atoms with Crippen LogP contribution < -0.4 is 5.56 Å². The van der Waals surface area contributed by atoms with Gasteiger partial charge in [0, 0.05) is 10.8 Å². The lowest BCUT2D eigenvalue weighted by Crippen LogP contribution is -2.28. The zero-order chi connectivity index (χ0) is 19.3. The van der Waals surface area contributed by atoms with Crippen molar-refractivity contribution in [3.05, 3.63) is 87.7 Å². The molecular formula is C22H19NO3S. The van der Waals surface area contributed by atoms with Crippen molar-refractivity contribution < 1.29 is 8.42 Å². The summed E-state index contributed by atoms with van der Waals surface area (Å²) in [7, 11) is -4.03. The van der Waals surface area contributed by atoms with Crippen molar-refractivity contribution in [3.63, 3.8) is 0 Å². The lowest BCUT2D eigenvalue weighted by molar-refractivity contribution is 0.587. The van der Waals surface area contributed by atoms with Crippen LogP contribution in [0.3, 0.4) is 0 Å². The molecule has 5 heteroatoms. The van der Waals surface area contributed by atoms with Crippen LogP contribution in [-0.4, -0.2) is 12.4 Å². The first kappa shape index (κ1) is 17.5. The fourth-order valence-corrected chi connectivity index (χ4v) is 5.02. The first-order valence-corrected chi connectivity index (χ1v) is 10.1. The number of nitrogens with zero attached hydrogens (tertiary/aromatic N) is 1. The summed E-state index contributed by atoms with van der Waals surface area (Å²) >= 11 is 0. The van der Waals surface area contributed by atoms with Gasteiger partial charge in [0.25, 0.3) is 15.6 Å². The Labute approximate surface area is 157 Å². The van der Waals surface area contributed by atoms with Crippen LogP contribution in [0.4, 0.5) is 0 Å². The molecule has 0 spiro atoms. The van der Waals surface area contributed by atoms with Gasteiger partial charge in [-0.2, -0.15) is 3.97 Å². The molecule has 0 saturated carbocycles. The number of hydrogen-bond acceptors (Lipinski definition) is 3. The van der Waals surface area contributed by atoms with Crippen molar-refractivity contribution in [2.75, 3.05) is 0 Å². The molecule has 4 aromatic rings. The molecule has 0 N–H and O–H groups in total. The van der Waals surface area contributed by atoms with Crippen LogP contribution in [0.25, 0.3) is 21.7 Å². The third-order valence-corrected chi connectivity index (χ3v) is 6.68. The van der Waals surface area contributed by atoms with E-state index in [1.807, 2.05) is 32.9 Å². The van der Waals surface area contributed by atoms with Gasteiger partial charge in [0.2, 0.25) is 0 Å². The topological polar surface area (TPSA) is 56.1 Å². The molecule has 0 bridgehead atoms. The third kappa shape index (κ3) is 2.58. The second-order valence-corrected chi connectivity index (χ2v) is 8.64. The molecule has 0 radical (unpaired) electrons. The van der Waals surface area contributed by atoms with E-state index in [2.05, 4.69) is 0 Å². The number of hydrogen-bond donors (Lipinski definition) is 0. The fraction of sp³-hybridized carbons (Fsp3) is 0.136. The minimum Gasteiger partial charge on any atom is -0.268 e. The summed E-state index contributed by atoms with van der Waals surface area (Å²) in [6.45, 7) is 5.76. The second kappa shape index (κ2) is 6.06. The van der Waals surface area contributed by atoms with Gasteiger partial charge in [0.15, 0.2) is 0 Å². The second-order valence-electron chi connectivity index (χ2n) is 6.85. The van der Waals surface area contributed by atoms with Crippen LogP contribution in [-0.2, 0) is 10.0 Å². The number of benzene rings is 3. The molecule has 3 aromatic carbocycles. The highest BCUT2D eigenvalue weighted by molar-refractivity contribution is 7.90. The highest BCUT2D eigenvalue weighted by atomic mass is 32.2. The molecule has 0 atom stereocenters. The van der Waals surface area contributed by atoms with E-state index in [9.17, 15) is 13.2 Å². The summed E-state index contributed by atoms with van der Waals surface area (Å²) in [5, 5.41) is 2.01. The standard InChI is InChI=1S/C22H19NO3S/c1-14-10-12-17(13-11-14)27(25,26)23-19-9-5-7-16(3)21(19)20-15(2)6-4-8-18(20)22(23)24/h4-13H,1-3H3. The van der Waals surface area contributed by atoms with Crippen LogP contribution in [0, 0.1) is 20.8 Å². The van der Waals surface area contributed by atoms with Crippen LogP contribution in [0.2, 0.25) is 0 Å². The van der Waals surface area contributed by atoms with E-state index in [1.165, 1.54) is 0 Å². The average molecular weight is 377 g/mol. The van der Waals surface area contributed by atoms with Crippen molar-refractivity contribution in [1.29, 1.82) is 0 Å². The van der Waals surface area contributed by atoms with Gasteiger partial charge >= 0.3 is 0 Å². The number of rotatable bonds is 2. The molecule has 0 aliphatic rings. The van der Waals surface area contributed by atoms with Gasteiger partial charge in [0.05, 0.1) is 10.4 Å². The molecular weight excluding hydrogens is 358 g/mol. The van der Waals surface area contributed by atoms with Gasteiger partial charge in [-0.3, -0.25) is 4.79 Å². The lowest BCUT2D eigenvalue weighted by Gasteiger charge is -2.16. The first-order chi connectivity index (χ1) is 12.8. The fourth-order valence-electron chi connectivity index (χ4n) is 3.60. The minimum absolute atomic E-state index is 0.102. The van der Waals surface area contributed by atoms with Crippen molar-refractivity contribution in [3.8, 4) is 0 Å². The summed E-state index contributed by atoms with van der Waals surface area (Å²) in [5.41, 5.74) is 2.72. The maximum Gasteiger partial charge on any atom is 0.272 e. The third-order valence-electron chi connectivity index (χ3n) is 4.97.